The van der Waals surface area contributed by atoms with Gasteiger partial charge in [-0.25, -0.2) is 9.80 Å². The Balaban J connectivity index is 2.83. The maximum absolute atomic E-state index is 12.6. The Bertz CT molecular complexity index is 553. The molecule has 0 aliphatic carbocycles. The van der Waals surface area contributed by atoms with Crippen molar-refractivity contribution in [2.24, 2.45) is 0 Å². The van der Waals surface area contributed by atoms with Gasteiger partial charge < -0.3 is 10.1 Å². The molecule has 0 aliphatic heterocycles. The molecule has 0 heterocycles. The lowest BCUT2D eigenvalue weighted by atomic mass is 10.0. The predicted molar refractivity (Wildman–Crippen MR) is 99.0 cm³/mol. The number of hydrogen-bond donors (Lipinski definition) is 1. The summed E-state index contributed by atoms with van der Waals surface area (Å²) in [5.41, 5.74) is 0.481. The molecule has 0 saturated carbocycles. The second-order valence-corrected chi connectivity index (χ2v) is 7.19. The molecule has 0 spiro atoms. The molecule has 2 amide bonds. The number of amides is 2. The van der Waals surface area contributed by atoms with E-state index in [0.717, 1.165) is 5.56 Å². The van der Waals surface area contributed by atoms with Crippen LogP contribution in [0, 0.1) is 0 Å². The average Bonchev–Trinajstić information content (AvgIpc) is 2.46. The molecular formula is C19H31N3O3. The monoisotopic (exact) mass is 349 g/mol. The predicted octanol–water partition coefficient (Wildman–Crippen LogP) is 2.84. The molecule has 6 heteroatoms. The molecule has 0 aliphatic rings. The van der Waals surface area contributed by atoms with E-state index in [4.69, 9.17) is 4.74 Å². The number of rotatable bonds is 7. The van der Waals surface area contributed by atoms with Crippen LogP contribution < -0.4 is 5.32 Å². The van der Waals surface area contributed by atoms with Crippen LogP contribution in [0.5, 0.6) is 0 Å². The van der Waals surface area contributed by atoms with Crippen LogP contribution in [-0.2, 0) is 16.0 Å². The first-order chi connectivity index (χ1) is 11.6. The van der Waals surface area contributed by atoms with Crippen molar-refractivity contribution < 1.29 is 14.3 Å². The zero-order chi connectivity index (χ0) is 19.0. The van der Waals surface area contributed by atoms with Gasteiger partial charge >= 0.3 is 6.09 Å². The van der Waals surface area contributed by atoms with E-state index in [0.29, 0.717) is 13.0 Å². The Morgan fingerprint density at radius 1 is 1.16 bits per heavy atom. The minimum atomic E-state index is -0.579. The van der Waals surface area contributed by atoms with Crippen LogP contribution in [-0.4, -0.2) is 54.3 Å². The van der Waals surface area contributed by atoms with E-state index in [-0.39, 0.29) is 18.4 Å². The van der Waals surface area contributed by atoms with Gasteiger partial charge in [0.05, 0.1) is 0 Å². The Labute approximate surface area is 151 Å². The largest absolute Gasteiger partial charge is 0.444 e. The third-order valence-electron chi connectivity index (χ3n) is 3.54. The summed E-state index contributed by atoms with van der Waals surface area (Å²) in [5, 5.41) is 6.25. The number of nitrogens with zero attached hydrogens (tertiary/aromatic N) is 2. The van der Waals surface area contributed by atoms with Crippen LogP contribution in [0.15, 0.2) is 30.3 Å². The molecule has 0 radical (unpaired) electrons. The average molecular weight is 349 g/mol. The Hall–Kier alpha value is -2.08. The SMILES string of the molecule is CCN(C(=O)CC(Cc1ccccc1)NC(=O)OC(C)(C)C)N(C)C. The molecule has 1 atom stereocenters. The maximum atomic E-state index is 12.6. The number of ether oxygens (including phenoxy) is 1. The highest BCUT2D eigenvalue weighted by Crippen LogP contribution is 2.11. The molecule has 1 N–H and O–H groups in total. The fraction of sp³-hybridized carbons (Fsp3) is 0.579. The number of hydrogen-bond acceptors (Lipinski definition) is 4. The lowest BCUT2D eigenvalue weighted by Gasteiger charge is -2.30. The molecule has 0 saturated heterocycles. The summed E-state index contributed by atoms with van der Waals surface area (Å²) in [5.74, 6) is -0.0375. The van der Waals surface area contributed by atoms with Gasteiger partial charge in [-0.15, -0.1) is 0 Å². The van der Waals surface area contributed by atoms with Gasteiger partial charge in [-0.3, -0.25) is 9.80 Å². The van der Waals surface area contributed by atoms with Gasteiger partial charge in [-0.05, 0) is 39.7 Å². The molecule has 1 aromatic carbocycles. The quantitative estimate of drug-likeness (QED) is 0.769. The van der Waals surface area contributed by atoms with Gasteiger partial charge in [0.2, 0.25) is 5.91 Å². The van der Waals surface area contributed by atoms with E-state index in [1.807, 2.05) is 72.1 Å². The van der Waals surface area contributed by atoms with Crippen LogP contribution in [0.1, 0.15) is 39.7 Å². The fourth-order valence-corrected chi connectivity index (χ4v) is 2.55. The van der Waals surface area contributed by atoms with Gasteiger partial charge in [-0.1, -0.05) is 30.3 Å². The molecule has 0 fully saturated rings. The zero-order valence-electron chi connectivity index (χ0n) is 16.2. The van der Waals surface area contributed by atoms with Crippen molar-refractivity contribution in [2.45, 2.75) is 52.2 Å². The summed E-state index contributed by atoms with van der Waals surface area (Å²) in [6, 6.07) is 9.46. The second kappa shape index (κ2) is 9.42. The van der Waals surface area contributed by atoms with E-state index in [1.54, 1.807) is 10.0 Å². The highest BCUT2D eigenvalue weighted by molar-refractivity contribution is 5.77. The first-order valence-corrected chi connectivity index (χ1v) is 8.63. The van der Waals surface area contributed by atoms with Crippen molar-refractivity contribution in [1.29, 1.82) is 0 Å². The molecule has 1 rings (SSSR count). The summed E-state index contributed by atoms with van der Waals surface area (Å²) in [6.45, 7) is 7.94. The van der Waals surface area contributed by atoms with Crippen LogP contribution in [0.25, 0.3) is 0 Å². The Morgan fingerprint density at radius 2 is 1.76 bits per heavy atom. The first kappa shape index (κ1) is 21.0. The summed E-state index contributed by atoms with van der Waals surface area (Å²) in [7, 11) is 3.66. The Morgan fingerprint density at radius 3 is 2.24 bits per heavy atom. The van der Waals surface area contributed by atoms with Crippen molar-refractivity contribution >= 4 is 12.0 Å². The molecule has 140 valence electrons. The van der Waals surface area contributed by atoms with Crippen molar-refractivity contribution in [3.8, 4) is 0 Å². The summed E-state index contributed by atoms with van der Waals surface area (Å²) < 4.78 is 5.34. The molecule has 6 nitrogen and oxygen atoms in total. The molecule has 1 unspecified atom stereocenters. The Kier molecular flexibility index (Phi) is 7.90. The second-order valence-electron chi connectivity index (χ2n) is 7.19. The maximum Gasteiger partial charge on any atom is 0.407 e. The summed E-state index contributed by atoms with van der Waals surface area (Å²) in [6.07, 6.45) is 0.269. The van der Waals surface area contributed by atoms with Crippen molar-refractivity contribution in [1.82, 2.24) is 15.3 Å². The number of carbonyl (C=O) groups is 2. The highest BCUT2D eigenvalue weighted by atomic mass is 16.6. The van der Waals surface area contributed by atoms with Gasteiger partial charge in [0.25, 0.3) is 0 Å². The van der Waals surface area contributed by atoms with Crippen LogP contribution in [0.4, 0.5) is 4.79 Å². The van der Waals surface area contributed by atoms with Gasteiger partial charge in [-0.2, -0.15) is 0 Å². The summed E-state index contributed by atoms with van der Waals surface area (Å²) >= 11 is 0. The highest BCUT2D eigenvalue weighted by Gasteiger charge is 2.24. The van der Waals surface area contributed by atoms with E-state index >= 15 is 0 Å². The number of carbonyl (C=O) groups excluding carboxylic acids is 2. The lowest BCUT2D eigenvalue weighted by Crippen LogP contribution is -2.47. The third-order valence-corrected chi connectivity index (χ3v) is 3.54. The fourth-order valence-electron chi connectivity index (χ4n) is 2.55. The number of hydrazine groups is 1. The van der Waals surface area contributed by atoms with Crippen molar-refractivity contribution in [3.05, 3.63) is 35.9 Å². The van der Waals surface area contributed by atoms with Crippen LogP contribution >= 0.6 is 0 Å². The first-order valence-electron chi connectivity index (χ1n) is 8.63. The van der Waals surface area contributed by atoms with Gasteiger partial charge in [0.15, 0.2) is 0 Å². The zero-order valence-corrected chi connectivity index (χ0v) is 16.2. The van der Waals surface area contributed by atoms with Crippen LogP contribution in [0.2, 0.25) is 0 Å². The molecule has 0 aromatic heterocycles. The molecule has 25 heavy (non-hydrogen) atoms. The van der Waals surface area contributed by atoms with Crippen molar-refractivity contribution in [2.75, 3.05) is 20.6 Å². The van der Waals surface area contributed by atoms with E-state index in [1.165, 1.54) is 0 Å². The number of benzene rings is 1. The minimum Gasteiger partial charge on any atom is -0.444 e. The van der Waals surface area contributed by atoms with Gasteiger partial charge in [0, 0.05) is 33.1 Å². The number of nitrogens with one attached hydrogen (secondary N) is 1. The normalized spacial score (nSPS) is 12.6. The molecular weight excluding hydrogens is 318 g/mol. The minimum absolute atomic E-state index is 0.0375. The van der Waals surface area contributed by atoms with Crippen LogP contribution in [0.3, 0.4) is 0 Å². The topological polar surface area (TPSA) is 61.9 Å². The third kappa shape index (κ3) is 8.03. The molecule has 1 aromatic rings. The van der Waals surface area contributed by atoms with E-state index in [2.05, 4.69) is 5.32 Å². The number of alkyl carbamates (subject to hydrolysis) is 1. The van der Waals surface area contributed by atoms with Crippen molar-refractivity contribution in [3.63, 3.8) is 0 Å². The van der Waals surface area contributed by atoms with Gasteiger partial charge in [0.1, 0.15) is 5.60 Å². The summed E-state index contributed by atoms with van der Waals surface area (Å²) in [4.78, 5) is 24.7. The molecule has 0 bridgehead atoms. The smallest absolute Gasteiger partial charge is 0.407 e. The van der Waals surface area contributed by atoms with E-state index < -0.39 is 11.7 Å². The lowest BCUT2D eigenvalue weighted by molar-refractivity contribution is -0.144. The standard InChI is InChI=1S/C19H31N3O3/c1-7-22(21(5)6)17(23)14-16(13-15-11-9-8-10-12-15)20-18(24)25-19(2,3)4/h8-12,16H,7,13-14H2,1-6H3,(H,20,24). The van der Waals surface area contributed by atoms with E-state index in [9.17, 15) is 9.59 Å².